The number of benzene rings is 3. The van der Waals surface area contributed by atoms with Crippen LogP contribution in [0.3, 0.4) is 0 Å². The molecule has 0 saturated carbocycles. The van der Waals surface area contributed by atoms with E-state index in [1.54, 1.807) is 38.6 Å². The molecule has 1 N–H and O–H groups in total. The van der Waals surface area contributed by atoms with Crippen LogP contribution in [0.15, 0.2) is 84.0 Å². The number of nitrogens with one attached hydrogen (secondary N) is 1. The average Bonchev–Trinajstić information content (AvgIpc) is 2.80. The summed E-state index contributed by atoms with van der Waals surface area (Å²) in [6.45, 7) is 1.55. The van der Waals surface area contributed by atoms with Gasteiger partial charge in [0.25, 0.3) is 5.91 Å². The molecule has 0 radical (unpaired) electrons. The lowest BCUT2D eigenvalue weighted by Crippen LogP contribution is -2.34. The number of ether oxygens (including phenoxy) is 2. The first-order valence-corrected chi connectivity index (χ1v) is 10.0. The minimum absolute atomic E-state index is 0.190. The Morgan fingerprint density at radius 1 is 0.903 bits per heavy atom. The van der Waals surface area contributed by atoms with Crippen molar-refractivity contribution >= 4 is 12.1 Å². The highest BCUT2D eigenvalue weighted by Gasteiger charge is 2.12. The highest BCUT2D eigenvalue weighted by atomic mass is 16.5. The summed E-state index contributed by atoms with van der Waals surface area (Å²) in [6.07, 6.45) is 1.55. The molecule has 3 aromatic carbocycles. The van der Waals surface area contributed by atoms with E-state index in [1.807, 2.05) is 36.4 Å². The third kappa shape index (κ3) is 6.97. The maximum absolute atomic E-state index is 12.6. The predicted octanol–water partition coefficient (Wildman–Crippen LogP) is 3.86. The molecule has 0 aliphatic heterocycles. The lowest BCUT2D eigenvalue weighted by atomic mass is 10.1. The van der Waals surface area contributed by atoms with Gasteiger partial charge in [0, 0.05) is 18.7 Å². The summed E-state index contributed by atoms with van der Waals surface area (Å²) in [5.41, 5.74) is 5.63. The molecule has 0 heterocycles. The Morgan fingerprint density at radius 2 is 1.52 bits per heavy atom. The molecule has 0 unspecified atom stereocenters. The van der Waals surface area contributed by atoms with Gasteiger partial charge in [0.15, 0.2) is 0 Å². The van der Waals surface area contributed by atoms with E-state index < -0.39 is 0 Å². The van der Waals surface area contributed by atoms with Crippen molar-refractivity contribution in [3.05, 3.63) is 95.6 Å². The molecule has 1 amide bonds. The zero-order valence-electron chi connectivity index (χ0n) is 17.8. The third-order valence-corrected chi connectivity index (χ3v) is 4.69. The maximum Gasteiger partial charge on any atom is 0.254 e. The van der Waals surface area contributed by atoms with Crippen LogP contribution in [0.4, 0.5) is 0 Å². The zero-order valence-corrected chi connectivity index (χ0v) is 17.8. The number of hydrazone groups is 1. The van der Waals surface area contributed by atoms with E-state index in [2.05, 4.69) is 39.7 Å². The second-order valence-corrected chi connectivity index (χ2v) is 7.02. The molecule has 6 heteroatoms. The molecular weight excluding hydrogens is 390 g/mol. The Balaban J connectivity index is 1.65. The molecule has 6 nitrogen and oxygen atoms in total. The van der Waals surface area contributed by atoms with Crippen LogP contribution in [0.5, 0.6) is 11.5 Å². The quantitative estimate of drug-likeness (QED) is 0.402. The number of rotatable bonds is 10. The van der Waals surface area contributed by atoms with Crippen molar-refractivity contribution in [3.63, 3.8) is 0 Å². The summed E-state index contributed by atoms with van der Waals surface area (Å²) in [5.74, 6) is 1.14. The number of nitrogens with zero attached hydrogens (tertiary/aromatic N) is 2. The smallest absolute Gasteiger partial charge is 0.254 e. The van der Waals surface area contributed by atoms with Crippen molar-refractivity contribution in [3.8, 4) is 11.5 Å². The summed E-state index contributed by atoms with van der Waals surface area (Å²) in [7, 11) is 3.18. The van der Waals surface area contributed by atoms with Gasteiger partial charge in [-0.15, -0.1) is 0 Å². The molecule has 31 heavy (non-hydrogen) atoms. The minimum Gasteiger partial charge on any atom is -0.497 e. The first-order valence-electron chi connectivity index (χ1n) is 10.0. The average molecular weight is 418 g/mol. The second kappa shape index (κ2) is 11.5. The molecule has 160 valence electrons. The van der Waals surface area contributed by atoms with Crippen molar-refractivity contribution < 1.29 is 14.3 Å². The number of hydrogen-bond donors (Lipinski definition) is 1. The first kappa shape index (κ1) is 22.1. The van der Waals surface area contributed by atoms with Gasteiger partial charge in [-0.1, -0.05) is 60.7 Å². The molecule has 0 aliphatic rings. The molecule has 0 atom stereocenters. The van der Waals surface area contributed by atoms with E-state index in [9.17, 15) is 4.79 Å². The Labute approximate surface area is 183 Å². The fourth-order valence-corrected chi connectivity index (χ4v) is 3.20. The molecule has 0 aliphatic carbocycles. The lowest BCUT2D eigenvalue weighted by molar-refractivity contribution is -0.122. The predicted molar refractivity (Wildman–Crippen MR) is 122 cm³/mol. The van der Waals surface area contributed by atoms with Gasteiger partial charge >= 0.3 is 0 Å². The van der Waals surface area contributed by atoms with Gasteiger partial charge in [-0.25, -0.2) is 5.43 Å². The van der Waals surface area contributed by atoms with Crippen LogP contribution < -0.4 is 14.9 Å². The van der Waals surface area contributed by atoms with Crippen molar-refractivity contribution in [2.24, 2.45) is 5.10 Å². The SMILES string of the molecule is COc1ccc(OC)c(C=NNC(=O)CN(Cc2ccccc2)Cc2ccccc2)c1. The van der Waals surface area contributed by atoms with Gasteiger partial charge in [-0.05, 0) is 29.3 Å². The van der Waals surface area contributed by atoms with E-state index in [1.165, 1.54) is 0 Å². The van der Waals surface area contributed by atoms with Crippen molar-refractivity contribution in [2.45, 2.75) is 13.1 Å². The van der Waals surface area contributed by atoms with Crippen LogP contribution in [0.1, 0.15) is 16.7 Å². The van der Waals surface area contributed by atoms with Gasteiger partial charge in [-0.3, -0.25) is 9.69 Å². The van der Waals surface area contributed by atoms with E-state index in [0.29, 0.717) is 30.2 Å². The Kier molecular flexibility index (Phi) is 8.20. The largest absolute Gasteiger partial charge is 0.497 e. The molecule has 3 rings (SSSR count). The van der Waals surface area contributed by atoms with Crippen LogP contribution in [-0.2, 0) is 17.9 Å². The number of hydrogen-bond acceptors (Lipinski definition) is 5. The maximum atomic E-state index is 12.6. The molecule has 0 saturated heterocycles. The number of amides is 1. The number of carbonyl (C=O) groups is 1. The van der Waals surface area contributed by atoms with Crippen molar-refractivity contribution in [2.75, 3.05) is 20.8 Å². The second-order valence-electron chi connectivity index (χ2n) is 7.02. The van der Waals surface area contributed by atoms with Gasteiger partial charge in [-0.2, -0.15) is 5.10 Å². The van der Waals surface area contributed by atoms with E-state index in [0.717, 1.165) is 11.1 Å². The third-order valence-electron chi connectivity index (χ3n) is 4.69. The fraction of sp³-hybridized carbons (Fsp3) is 0.200. The van der Waals surface area contributed by atoms with E-state index in [4.69, 9.17) is 9.47 Å². The van der Waals surface area contributed by atoms with Crippen LogP contribution in [0.2, 0.25) is 0 Å². The molecular formula is C25H27N3O3. The van der Waals surface area contributed by atoms with E-state index >= 15 is 0 Å². The number of methoxy groups -OCH3 is 2. The molecule has 0 spiro atoms. The molecule has 0 bridgehead atoms. The van der Waals surface area contributed by atoms with Gasteiger partial charge < -0.3 is 9.47 Å². The highest BCUT2D eigenvalue weighted by Crippen LogP contribution is 2.22. The van der Waals surface area contributed by atoms with Gasteiger partial charge in [0.05, 0.1) is 27.0 Å². The lowest BCUT2D eigenvalue weighted by Gasteiger charge is -2.21. The summed E-state index contributed by atoms with van der Waals surface area (Å²) >= 11 is 0. The van der Waals surface area contributed by atoms with Crippen molar-refractivity contribution in [1.82, 2.24) is 10.3 Å². The molecule has 0 fully saturated rings. The standard InChI is InChI=1S/C25H27N3O3/c1-30-23-13-14-24(31-2)22(15-23)16-26-27-25(29)19-28(17-20-9-5-3-6-10-20)18-21-11-7-4-8-12-21/h3-16H,17-19H2,1-2H3,(H,27,29). The highest BCUT2D eigenvalue weighted by molar-refractivity contribution is 5.86. The Hall–Kier alpha value is -3.64. The van der Waals surface area contributed by atoms with Crippen LogP contribution in [0, 0.1) is 0 Å². The summed E-state index contributed by atoms with van der Waals surface area (Å²) in [5, 5.41) is 4.11. The minimum atomic E-state index is -0.190. The van der Waals surface area contributed by atoms with Crippen LogP contribution >= 0.6 is 0 Å². The van der Waals surface area contributed by atoms with Crippen LogP contribution in [-0.4, -0.2) is 37.8 Å². The Bertz CT molecular complexity index is 950. The summed E-state index contributed by atoms with van der Waals surface area (Å²) in [6, 6.07) is 25.6. The molecule has 3 aromatic rings. The summed E-state index contributed by atoms with van der Waals surface area (Å²) < 4.78 is 10.6. The molecule has 0 aromatic heterocycles. The van der Waals surface area contributed by atoms with E-state index in [-0.39, 0.29) is 12.5 Å². The van der Waals surface area contributed by atoms with Crippen molar-refractivity contribution in [1.29, 1.82) is 0 Å². The van der Waals surface area contributed by atoms with Gasteiger partial charge in [0.2, 0.25) is 0 Å². The normalized spacial score (nSPS) is 10.9. The zero-order chi connectivity index (χ0) is 21.9. The number of carbonyl (C=O) groups excluding carboxylic acids is 1. The first-order chi connectivity index (χ1) is 15.2. The monoisotopic (exact) mass is 417 g/mol. The fourth-order valence-electron chi connectivity index (χ4n) is 3.20. The van der Waals surface area contributed by atoms with Crippen LogP contribution in [0.25, 0.3) is 0 Å². The Morgan fingerprint density at radius 3 is 2.06 bits per heavy atom. The van der Waals surface area contributed by atoms with Gasteiger partial charge in [0.1, 0.15) is 11.5 Å². The summed E-state index contributed by atoms with van der Waals surface area (Å²) in [4.78, 5) is 14.7. The topological polar surface area (TPSA) is 63.2 Å².